The van der Waals surface area contributed by atoms with Crippen LogP contribution in [0.4, 0.5) is 0 Å². The lowest BCUT2D eigenvalue weighted by atomic mass is 9.99. The lowest BCUT2D eigenvalue weighted by molar-refractivity contribution is -0.120. The Kier molecular flexibility index (Phi) is 3.19. The summed E-state index contributed by atoms with van der Waals surface area (Å²) in [6.07, 6.45) is 5.49. The number of ketones is 1. The molecule has 1 unspecified atom stereocenters. The van der Waals surface area contributed by atoms with Gasteiger partial charge in [0.15, 0.2) is 0 Å². The van der Waals surface area contributed by atoms with Crippen molar-refractivity contribution in [1.29, 1.82) is 0 Å². The third-order valence-electron chi connectivity index (χ3n) is 2.36. The Morgan fingerprint density at radius 1 is 1.43 bits per heavy atom. The summed E-state index contributed by atoms with van der Waals surface area (Å²) >= 11 is 1.74. The summed E-state index contributed by atoms with van der Waals surface area (Å²) in [4.78, 5) is 15.5. The van der Waals surface area contributed by atoms with Gasteiger partial charge in [-0.25, -0.2) is 4.98 Å². The minimum Gasteiger partial charge on any atom is -0.300 e. The highest BCUT2D eigenvalue weighted by atomic mass is 32.2. The van der Waals surface area contributed by atoms with Crippen LogP contribution in [0.3, 0.4) is 0 Å². The summed E-state index contributed by atoms with van der Waals surface area (Å²) in [5, 5.41) is 1.48. The number of hydrogen-bond acceptors (Lipinski definition) is 3. The average Bonchev–Trinajstić information content (AvgIpc) is 2.19. The molecule has 3 heteroatoms. The van der Waals surface area contributed by atoms with Crippen molar-refractivity contribution in [3.05, 3.63) is 24.4 Å². The highest BCUT2D eigenvalue weighted by molar-refractivity contribution is 7.99. The van der Waals surface area contributed by atoms with Crippen molar-refractivity contribution in [2.45, 2.75) is 36.0 Å². The molecular formula is C11H13NOS. The van der Waals surface area contributed by atoms with Crippen LogP contribution in [0.25, 0.3) is 0 Å². The smallest absolute Gasteiger partial charge is 0.134 e. The highest BCUT2D eigenvalue weighted by Crippen LogP contribution is 2.30. The van der Waals surface area contributed by atoms with Gasteiger partial charge < -0.3 is 0 Å². The van der Waals surface area contributed by atoms with Gasteiger partial charge in [0.1, 0.15) is 5.78 Å². The first kappa shape index (κ1) is 9.71. The van der Waals surface area contributed by atoms with Crippen molar-refractivity contribution in [3.8, 4) is 0 Å². The van der Waals surface area contributed by atoms with Gasteiger partial charge in [-0.05, 0) is 25.0 Å². The molecule has 1 heterocycles. The normalized spacial score (nSPS) is 22.3. The molecule has 1 aliphatic rings. The maximum atomic E-state index is 11.2. The molecule has 0 N–H and O–H groups in total. The number of Topliss-reactive ketones (excluding diaryl/α,β-unsaturated/α-hetero) is 1. The summed E-state index contributed by atoms with van der Waals surface area (Å²) in [6.45, 7) is 0. The first-order chi connectivity index (χ1) is 6.84. The molecule has 0 bridgehead atoms. The van der Waals surface area contributed by atoms with Crippen molar-refractivity contribution < 1.29 is 4.79 Å². The SMILES string of the molecule is O=C1CCCC(Sc2ccccn2)C1. The number of pyridine rings is 1. The summed E-state index contributed by atoms with van der Waals surface area (Å²) in [7, 11) is 0. The Morgan fingerprint density at radius 3 is 3.07 bits per heavy atom. The molecule has 14 heavy (non-hydrogen) atoms. The molecule has 0 aromatic carbocycles. The molecule has 1 atom stereocenters. The van der Waals surface area contributed by atoms with Gasteiger partial charge in [0.2, 0.25) is 0 Å². The van der Waals surface area contributed by atoms with Crippen molar-refractivity contribution >= 4 is 17.5 Å². The fourth-order valence-corrected chi connectivity index (χ4v) is 2.85. The first-order valence-electron chi connectivity index (χ1n) is 4.94. The van der Waals surface area contributed by atoms with E-state index < -0.39 is 0 Å². The summed E-state index contributed by atoms with van der Waals surface area (Å²) < 4.78 is 0. The Balaban J connectivity index is 1.94. The van der Waals surface area contributed by atoms with Gasteiger partial charge in [-0.15, -0.1) is 11.8 Å². The second kappa shape index (κ2) is 4.60. The third kappa shape index (κ3) is 2.58. The molecule has 0 saturated heterocycles. The van der Waals surface area contributed by atoms with E-state index in [1.807, 2.05) is 18.2 Å². The van der Waals surface area contributed by atoms with Gasteiger partial charge in [0, 0.05) is 24.3 Å². The molecule has 1 aromatic heterocycles. The van der Waals surface area contributed by atoms with E-state index in [0.29, 0.717) is 11.0 Å². The van der Waals surface area contributed by atoms with Crippen LogP contribution in [0.15, 0.2) is 29.4 Å². The molecule has 2 rings (SSSR count). The van der Waals surface area contributed by atoms with Gasteiger partial charge in [0.05, 0.1) is 5.03 Å². The van der Waals surface area contributed by atoms with Crippen LogP contribution in [0.5, 0.6) is 0 Å². The Bertz CT molecular complexity index is 312. The standard InChI is InChI=1S/C11H13NOS/c13-9-4-3-5-10(8-9)14-11-6-1-2-7-12-11/h1-2,6-7,10H,3-5,8H2. The summed E-state index contributed by atoms with van der Waals surface area (Å²) in [5.74, 6) is 0.407. The van der Waals surface area contributed by atoms with Crippen molar-refractivity contribution in [2.24, 2.45) is 0 Å². The molecule has 1 aromatic rings. The second-order valence-electron chi connectivity index (χ2n) is 3.54. The van der Waals surface area contributed by atoms with E-state index in [1.54, 1.807) is 18.0 Å². The fourth-order valence-electron chi connectivity index (χ4n) is 1.67. The van der Waals surface area contributed by atoms with E-state index in [4.69, 9.17) is 0 Å². The number of nitrogens with zero attached hydrogens (tertiary/aromatic N) is 1. The monoisotopic (exact) mass is 207 g/mol. The van der Waals surface area contributed by atoms with Crippen LogP contribution in [-0.2, 0) is 4.79 Å². The molecule has 1 saturated carbocycles. The van der Waals surface area contributed by atoms with E-state index in [9.17, 15) is 4.79 Å². The van der Waals surface area contributed by atoms with Gasteiger partial charge in [-0.3, -0.25) is 4.79 Å². The zero-order chi connectivity index (χ0) is 9.80. The molecule has 1 aliphatic carbocycles. The highest BCUT2D eigenvalue weighted by Gasteiger charge is 2.20. The van der Waals surface area contributed by atoms with Gasteiger partial charge in [0.25, 0.3) is 0 Å². The predicted molar refractivity (Wildman–Crippen MR) is 57.4 cm³/mol. The number of aromatic nitrogens is 1. The maximum Gasteiger partial charge on any atom is 0.134 e. The van der Waals surface area contributed by atoms with E-state index >= 15 is 0 Å². The van der Waals surface area contributed by atoms with Crippen molar-refractivity contribution in [2.75, 3.05) is 0 Å². The topological polar surface area (TPSA) is 30.0 Å². The number of carbonyl (C=O) groups is 1. The summed E-state index contributed by atoms with van der Waals surface area (Å²) in [5.41, 5.74) is 0. The van der Waals surface area contributed by atoms with E-state index in [2.05, 4.69) is 4.98 Å². The largest absolute Gasteiger partial charge is 0.300 e. The summed E-state index contributed by atoms with van der Waals surface area (Å²) in [6, 6.07) is 5.90. The number of carbonyl (C=O) groups excluding carboxylic acids is 1. The predicted octanol–water partition coefficient (Wildman–Crippen LogP) is 2.69. The second-order valence-corrected chi connectivity index (χ2v) is 4.86. The number of rotatable bonds is 2. The molecule has 0 aliphatic heterocycles. The van der Waals surface area contributed by atoms with Crippen LogP contribution >= 0.6 is 11.8 Å². The molecular weight excluding hydrogens is 194 g/mol. The van der Waals surface area contributed by atoms with E-state index in [1.165, 1.54) is 0 Å². The minimum absolute atomic E-state index is 0.407. The molecule has 1 fully saturated rings. The lowest BCUT2D eigenvalue weighted by Crippen LogP contribution is -2.16. The van der Waals surface area contributed by atoms with Crippen LogP contribution < -0.4 is 0 Å². The van der Waals surface area contributed by atoms with Crippen molar-refractivity contribution in [3.63, 3.8) is 0 Å². The Morgan fingerprint density at radius 2 is 2.36 bits per heavy atom. The molecule has 0 radical (unpaired) electrons. The van der Waals surface area contributed by atoms with Crippen LogP contribution in [0, 0.1) is 0 Å². The van der Waals surface area contributed by atoms with Gasteiger partial charge in [-0.2, -0.15) is 0 Å². The lowest BCUT2D eigenvalue weighted by Gasteiger charge is -2.19. The zero-order valence-corrected chi connectivity index (χ0v) is 8.80. The number of hydrogen-bond donors (Lipinski definition) is 0. The van der Waals surface area contributed by atoms with E-state index in [-0.39, 0.29) is 0 Å². The zero-order valence-electron chi connectivity index (χ0n) is 7.98. The van der Waals surface area contributed by atoms with E-state index in [0.717, 1.165) is 30.7 Å². The van der Waals surface area contributed by atoms with Crippen LogP contribution in [-0.4, -0.2) is 16.0 Å². The fraction of sp³-hybridized carbons (Fsp3) is 0.455. The Hall–Kier alpha value is -0.830. The minimum atomic E-state index is 0.407. The van der Waals surface area contributed by atoms with Crippen LogP contribution in [0.1, 0.15) is 25.7 Å². The maximum absolute atomic E-state index is 11.2. The molecule has 0 amide bonds. The molecule has 74 valence electrons. The van der Waals surface area contributed by atoms with Crippen molar-refractivity contribution in [1.82, 2.24) is 4.98 Å². The molecule has 2 nitrogen and oxygen atoms in total. The first-order valence-corrected chi connectivity index (χ1v) is 5.82. The Labute approximate surface area is 88.1 Å². The quantitative estimate of drug-likeness (QED) is 0.746. The number of thioether (sulfide) groups is 1. The van der Waals surface area contributed by atoms with Gasteiger partial charge >= 0.3 is 0 Å². The third-order valence-corrected chi connectivity index (χ3v) is 3.58. The average molecular weight is 207 g/mol. The van der Waals surface area contributed by atoms with Gasteiger partial charge in [-0.1, -0.05) is 6.07 Å². The van der Waals surface area contributed by atoms with Crippen LogP contribution in [0.2, 0.25) is 0 Å². The molecule has 0 spiro atoms.